The van der Waals surface area contributed by atoms with Crippen LogP contribution in [-0.2, 0) is 16.1 Å². The van der Waals surface area contributed by atoms with Gasteiger partial charge in [-0.05, 0) is 37.2 Å². The lowest BCUT2D eigenvalue weighted by Gasteiger charge is -2.31. The zero-order valence-corrected chi connectivity index (χ0v) is 12.0. The van der Waals surface area contributed by atoms with E-state index in [0.717, 1.165) is 19.3 Å². The first-order chi connectivity index (χ1) is 9.45. The van der Waals surface area contributed by atoms with Crippen molar-refractivity contribution in [1.82, 2.24) is 4.57 Å². The van der Waals surface area contributed by atoms with Gasteiger partial charge in [0.15, 0.2) is 0 Å². The SMILES string of the molecule is CC1CCC(OC(=O)Cn2cc(N)ccc2=O)CC1C. The van der Waals surface area contributed by atoms with Crippen molar-refractivity contribution in [3.63, 3.8) is 0 Å². The average Bonchev–Trinajstić information content (AvgIpc) is 2.38. The van der Waals surface area contributed by atoms with Gasteiger partial charge in [-0.2, -0.15) is 0 Å². The van der Waals surface area contributed by atoms with Crippen molar-refractivity contribution in [2.75, 3.05) is 5.73 Å². The third-order valence-corrected chi connectivity index (χ3v) is 4.15. The molecule has 5 heteroatoms. The minimum atomic E-state index is -0.371. The van der Waals surface area contributed by atoms with Crippen molar-refractivity contribution in [2.45, 2.75) is 45.8 Å². The normalized spacial score (nSPS) is 26.2. The zero-order valence-electron chi connectivity index (χ0n) is 12.0. The van der Waals surface area contributed by atoms with Gasteiger partial charge in [0.1, 0.15) is 12.6 Å². The summed E-state index contributed by atoms with van der Waals surface area (Å²) in [7, 11) is 0. The smallest absolute Gasteiger partial charge is 0.326 e. The third kappa shape index (κ3) is 3.62. The van der Waals surface area contributed by atoms with E-state index in [9.17, 15) is 9.59 Å². The molecule has 0 radical (unpaired) electrons. The Kier molecular flexibility index (Phi) is 4.47. The molecule has 1 heterocycles. The number of pyridine rings is 1. The summed E-state index contributed by atoms with van der Waals surface area (Å²) in [5.74, 6) is 0.877. The molecule has 0 spiro atoms. The van der Waals surface area contributed by atoms with Gasteiger partial charge in [0, 0.05) is 18.0 Å². The number of hydrogen-bond acceptors (Lipinski definition) is 4. The van der Waals surface area contributed by atoms with E-state index < -0.39 is 0 Å². The highest BCUT2D eigenvalue weighted by Crippen LogP contribution is 2.30. The van der Waals surface area contributed by atoms with Crippen LogP contribution in [0.15, 0.2) is 23.1 Å². The molecule has 1 aromatic heterocycles. The Morgan fingerprint density at radius 2 is 2.10 bits per heavy atom. The van der Waals surface area contributed by atoms with Gasteiger partial charge in [0.2, 0.25) is 0 Å². The molecule has 0 aliphatic heterocycles. The van der Waals surface area contributed by atoms with Crippen molar-refractivity contribution in [1.29, 1.82) is 0 Å². The van der Waals surface area contributed by atoms with Gasteiger partial charge in [-0.3, -0.25) is 9.59 Å². The Morgan fingerprint density at radius 1 is 1.35 bits per heavy atom. The maximum absolute atomic E-state index is 11.9. The van der Waals surface area contributed by atoms with Crippen LogP contribution in [0.4, 0.5) is 5.69 Å². The van der Waals surface area contributed by atoms with Crippen molar-refractivity contribution in [3.8, 4) is 0 Å². The van der Waals surface area contributed by atoms with Gasteiger partial charge in [-0.15, -0.1) is 0 Å². The second-order valence-electron chi connectivity index (χ2n) is 5.81. The molecule has 3 atom stereocenters. The summed E-state index contributed by atoms with van der Waals surface area (Å²) in [6, 6.07) is 2.88. The minimum absolute atomic E-state index is 0.0227. The molecule has 1 aromatic rings. The summed E-state index contributed by atoms with van der Waals surface area (Å²) in [4.78, 5) is 23.5. The van der Waals surface area contributed by atoms with Crippen molar-refractivity contribution in [2.24, 2.45) is 11.8 Å². The van der Waals surface area contributed by atoms with Gasteiger partial charge in [0.05, 0.1) is 0 Å². The van der Waals surface area contributed by atoms with Crippen molar-refractivity contribution < 1.29 is 9.53 Å². The average molecular weight is 278 g/mol. The number of rotatable bonds is 3. The summed E-state index contributed by atoms with van der Waals surface area (Å²) >= 11 is 0. The molecule has 2 rings (SSSR count). The van der Waals surface area contributed by atoms with Crippen LogP contribution in [0.3, 0.4) is 0 Å². The van der Waals surface area contributed by atoms with Crippen LogP contribution in [0.25, 0.3) is 0 Å². The lowest BCUT2D eigenvalue weighted by Crippen LogP contribution is -2.31. The van der Waals surface area contributed by atoms with E-state index in [2.05, 4.69) is 13.8 Å². The second kappa shape index (κ2) is 6.11. The Balaban J connectivity index is 1.93. The number of nitrogens with two attached hydrogens (primary N) is 1. The highest BCUT2D eigenvalue weighted by atomic mass is 16.5. The van der Waals surface area contributed by atoms with Gasteiger partial charge in [0.25, 0.3) is 5.56 Å². The number of carbonyl (C=O) groups excluding carboxylic acids is 1. The predicted octanol–water partition coefficient (Wildman–Crippen LogP) is 1.80. The fourth-order valence-corrected chi connectivity index (χ4v) is 2.64. The monoisotopic (exact) mass is 278 g/mol. The molecular weight excluding hydrogens is 256 g/mol. The summed E-state index contributed by atoms with van der Waals surface area (Å²) < 4.78 is 6.75. The second-order valence-corrected chi connectivity index (χ2v) is 5.81. The van der Waals surface area contributed by atoms with Crippen LogP contribution < -0.4 is 11.3 Å². The highest BCUT2D eigenvalue weighted by molar-refractivity contribution is 5.69. The van der Waals surface area contributed by atoms with E-state index >= 15 is 0 Å². The summed E-state index contributed by atoms with van der Waals surface area (Å²) in [6.07, 6.45) is 4.33. The van der Waals surface area contributed by atoms with Gasteiger partial charge >= 0.3 is 5.97 Å². The number of ether oxygens (including phenoxy) is 1. The number of nitrogen functional groups attached to an aromatic ring is 1. The molecule has 1 aliphatic rings. The van der Waals surface area contributed by atoms with Crippen molar-refractivity contribution >= 4 is 11.7 Å². The van der Waals surface area contributed by atoms with Crippen LogP contribution in [0, 0.1) is 11.8 Å². The molecule has 0 saturated heterocycles. The van der Waals surface area contributed by atoms with E-state index in [4.69, 9.17) is 10.5 Å². The standard InChI is InChI=1S/C15H22N2O3/c1-10-3-5-13(7-11(10)2)20-15(19)9-17-8-12(16)4-6-14(17)18/h4,6,8,10-11,13H,3,5,7,9,16H2,1-2H3. The zero-order chi connectivity index (χ0) is 14.7. The van der Waals surface area contributed by atoms with E-state index in [1.807, 2.05) is 0 Å². The number of aromatic nitrogens is 1. The molecule has 0 aromatic carbocycles. The van der Waals surface area contributed by atoms with Gasteiger partial charge in [-0.1, -0.05) is 13.8 Å². The molecule has 1 saturated carbocycles. The van der Waals surface area contributed by atoms with Crippen LogP contribution in [0.2, 0.25) is 0 Å². The molecule has 3 unspecified atom stereocenters. The summed E-state index contributed by atoms with van der Waals surface area (Å²) in [5.41, 5.74) is 5.82. The summed E-state index contributed by atoms with van der Waals surface area (Å²) in [5, 5.41) is 0. The molecule has 5 nitrogen and oxygen atoms in total. The van der Waals surface area contributed by atoms with Crippen LogP contribution in [0.5, 0.6) is 0 Å². The molecule has 20 heavy (non-hydrogen) atoms. The molecule has 0 bridgehead atoms. The Labute approximate surface area is 118 Å². The predicted molar refractivity (Wildman–Crippen MR) is 77.2 cm³/mol. The van der Waals surface area contributed by atoms with E-state index in [0.29, 0.717) is 17.5 Å². The molecule has 2 N–H and O–H groups in total. The Hall–Kier alpha value is -1.78. The molecule has 110 valence electrons. The quantitative estimate of drug-likeness (QED) is 0.855. The van der Waals surface area contributed by atoms with Gasteiger partial charge in [-0.25, -0.2) is 0 Å². The maximum Gasteiger partial charge on any atom is 0.326 e. The summed E-state index contributed by atoms with van der Waals surface area (Å²) in [6.45, 7) is 4.34. The first-order valence-corrected chi connectivity index (χ1v) is 7.11. The van der Waals surface area contributed by atoms with E-state index in [1.165, 1.54) is 22.9 Å². The third-order valence-electron chi connectivity index (χ3n) is 4.15. The van der Waals surface area contributed by atoms with Crippen molar-refractivity contribution in [3.05, 3.63) is 28.7 Å². The molecule has 1 aliphatic carbocycles. The highest BCUT2D eigenvalue weighted by Gasteiger charge is 2.27. The fraction of sp³-hybridized carbons (Fsp3) is 0.600. The van der Waals surface area contributed by atoms with E-state index in [1.54, 1.807) is 0 Å². The topological polar surface area (TPSA) is 74.3 Å². The number of esters is 1. The largest absolute Gasteiger partial charge is 0.461 e. The fourth-order valence-electron chi connectivity index (χ4n) is 2.64. The maximum atomic E-state index is 11.9. The Bertz CT molecular complexity index is 538. The van der Waals surface area contributed by atoms with Gasteiger partial charge < -0.3 is 15.0 Å². The molecule has 0 amide bonds. The van der Waals surface area contributed by atoms with Crippen LogP contribution in [0.1, 0.15) is 33.1 Å². The lowest BCUT2D eigenvalue weighted by atomic mass is 9.80. The number of anilines is 1. The lowest BCUT2D eigenvalue weighted by molar-refractivity contribution is -0.152. The van der Waals surface area contributed by atoms with E-state index in [-0.39, 0.29) is 24.2 Å². The number of carbonyl (C=O) groups is 1. The first-order valence-electron chi connectivity index (χ1n) is 7.11. The number of nitrogens with zero attached hydrogens (tertiary/aromatic N) is 1. The Morgan fingerprint density at radius 3 is 2.80 bits per heavy atom. The molecule has 1 fully saturated rings. The molecular formula is C15H22N2O3. The van der Waals surface area contributed by atoms with Crippen LogP contribution in [-0.4, -0.2) is 16.6 Å². The first kappa shape index (κ1) is 14.6. The minimum Gasteiger partial charge on any atom is -0.461 e. The van der Waals surface area contributed by atoms with Crippen LogP contribution >= 0.6 is 0 Å². The number of hydrogen-bond donors (Lipinski definition) is 1.